The lowest BCUT2D eigenvalue weighted by Crippen LogP contribution is -2.49. The molecule has 1 saturated heterocycles. The first-order valence-electron chi connectivity index (χ1n) is 11.8. The van der Waals surface area contributed by atoms with Crippen molar-refractivity contribution in [3.63, 3.8) is 0 Å². The molecule has 1 heterocycles. The third-order valence-electron chi connectivity index (χ3n) is 5.62. The molecule has 2 N–H and O–H groups in total. The number of amides is 3. The number of halogens is 2. The van der Waals surface area contributed by atoms with Crippen LogP contribution in [0.3, 0.4) is 0 Å². The number of nitrogens with zero attached hydrogens (tertiary/aromatic N) is 2. The van der Waals surface area contributed by atoms with Gasteiger partial charge in [0.1, 0.15) is 17.6 Å². The molecule has 3 aromatic rings. The van der Waals surface area contributed by atoms with Gasteiger partial charge < -0.3 is 10.1 Å². The molecule has 0 aliphatic carbocycles. The molecule has 3 aromatic carbocycles. The minimum atomic E-state index is -1.14. The summed E-state index contributed by atoms with van der Waals surface area (Å²) in [5, 5.41) is 4.33. The average molecular weight is 555 g/mol. The molecule has 4 rings (SSSR count). The van der Waals surface area contributed by atoms with E-state index in [1.165, 1.54) is 41.4 Å². The Balaban J connectivity index is 1.54. The van der Waals surface area contributed by atoms with E-state index < -0.39 is 29.6 Å². The van der Waals surface area contributed by atoms with Crippen molar-refractivity contribution in [1.29, 1.82) is 0 Å². The van der Waals surface area contributed by atoms with Crippen LogP contribution in [0.2, 0.25) is 5.02 Å². The van der Waals surface area contributed by atoms with Gasteiger partial charge in [0.2, 0.25) is 11.0 Å². The van der Waals surface area contributed by atoms with Crippen LogP contribution in [0.25, 0.3) is 0 Å². The highest BCUT2D eigenvalue weighted by Gasteiger charge is 2.45. The van der Waals surface area contributed by atoms with Gasteiger partial charge in [-0.3, -0.25) is 24.7 Å². The largest absolute Gasteiger partial charge is 0.494 e. The van der Waals surface area contributed by atoms with Gasteiger partial charge in [0, 0.05) is 16.3 Å². The molecule has 0 radical (unpaired) electrons. The van der Waals surface area contributed by atoms with Crippen LogP contribution < -0.4 is 20.4 Å². The van der Waals surface area contributed by atoms with Gasteiger partial charge in [0.05, 0.1) is 18.7 Å². The summed E-state index contributed by atoms with van der Waals surface area (Å²) in [4.78, 5) is 40.5. The predicted octanol–water partition coefficient (Wildman–Crippen LogP) is 4.94. The van der Waals surface area contributed by atoms with E-state index in [4.69, 9.17) is 28.6 Å². The highest BCUT2D eigenvalue weighted by molar-refractivity contribution is 7.80. The van der Waals surface area contributed by atoms with E-state index in [-0.39, 0.29) is 17.1 Å². The van der Waals surface area contributed by atoms with Gasteiger partial charge in [0.25, 0.3) is 11.8 Å². The quantitative estimate of drug-likeness (QED) is 0.364. The molecular formula is C27H24ClFN4O4S. The van der Waals surface area contributed by atoms with Crippen molar-refractivity contribution in [3.8, 4) is 5.75 Å². The molecule has 1 fully saturated rings. The van der Waals surface area contributed by atoms with Crippen molar-refractivity contribution >= 4 is 58.0 Å². The van der Waals surface area contributed by atoms with Gasteiger partial charge in [0.15, 0.2) is 0 Å². The first-order valence-corrected chi connectivity index (χ1v) is 12.6. The smallest absolute Gasteiger partial charge is 0.269 e. The summed E-state index contributed by atoms with van der Waals surface area (Å²) in [6, 6.07) is 17.0. The molecule has 3 amide bonds. The van der Waals surface area contributed by atoms with E-state index in [1.807, 2.05) is 6.92 Å². The Kier molecular flexibility index (Phi) is 8.55. The first kappa shape index (κ1) is 27.0. The van der Waals surface area contributed by atoms with E-state index in [0.29, 0.717) is 28.8 Å². The molecule has 0 aromatic heterocycles. The molecule has 1 unspecified atom stereocenters. The third-order valence-corrected chi connectivity index (χ3v) is 6.25. The number of hydrazine groups is 1. The fourth-order valence-electron chi connectivity index (χ4n) is 3.74. The molecule has 0 saturated carbocycles. The zero-order valence-electron chi connectivity index (χ0n) is 20.3. The normalized spacial score (nSPS) is 15.0. The van der Waals surface area contributed by atoms with E-state index in [9.17, 15) is 18.8 Å². The lowest BCUT2D eigenvalue weighted by molar-refractivity contribution is -0.124. The SMILES string of the molecule is CCCOc1ccc(NC(=O)CC2C(=O)N(c3ccc(F)cc3)C(=S)N2NC(=O)c2ccc(Cl)cc2)cc1. The lowest BCUT2D eigenvalue weighted by Gasteiger charge is -2.24. The number of carbonyl (C=O) groups excluding carboxylic acids is 3. The van der Waals surface area contributed by atoms with E-state index in [2.05, 4.69) is 10.7 Å². The second kappa shape index (κ2) is 12.0. The second-order valence-corrected chi connectivity index (χ2v) is 9.19. The molecule has 196 valence electrons. The maximum absolute atomic E-state index is 13.5. The maximum atomic E-state index is 13.5. The molecule has 0 spiro atoms. The second-order valence-electron chi connectivity index (χ2n) is 8.39. The van der Waals surface area contributed by atoms with Crippen molar-refractivity contribution in [2.75, 3.05) is 16.8 Å². The van der Waals surface area contributed by atoms with Gasteiger partial charge >= 0.3 is 0 Å². The monoisotopic (exact) mass is 554 g/mol. The lowest BCUT2D eigenvalue weighted by atomic mass is 10.1. The summed E-state index contributed by atoms with van der Waals surface area (Å²) in [7, 11) is 0. The van der Waals surface area contributed by atoms with Crippen molar-refractivity contribution < 1.29 is 23.5 Å². The van der Waals surface area contributed by atoms with E-state index in [0.717, 1.165) is 11.3 Å². The summed E-state index contributed by atoms with van der Waals surface area (Å²) in [6.45, 7) is 2.58. The molecule has 1 aliphatic rings. The van der Waals surface area contributed by atoms with Crippen LogP contribution in [0.4, 0.5) is 15.8 Å². The van der Waals surface area contributed by atoms with Crippen LogP contribution in [-0.4, -0.2) is 40.5 Å². The number of carbonyl (C=O) groups is 3. The van der Waals surface area contributed by atoms with Crippen molar-refractivity contribution in [2.24, 2.45) is 0 Å². The zero-order valence-corrected chi connectivity index (χ0v) is 21.9. The number of hydrogen-bond donors (Lipinski definition) is 2. The Hall–Kier alpha value is -4.02. The number of nitrogens with one attached hydrogen (secondary N) is 2. The van der Waals surface area contributed by atoms with Crippen LogP contribution in [0.15, 0.2) is 72.8 Å². The van der Waals surface area contributed by atoms with Crippen LogP contribution in [0, 0.1) is 5.82 Å². The predicted molar refractivity (Wildman–Crippen MR) is 147 cm³/mol. The van der Waals surface area contributed by atoms with Gasteiger partial charge in [-0.1, -0.05) is 18.5 Å². The molecule has 1 atom stereocenters. The molecule has 11 heteroatoms. The van der Waals surface area contributed by atoms with Gasteiger partial charge in [-0.25, -0.2) is 9.40 Å². The molecule has 8 nitrogen and oxygen atoms in total. The average Bonchev–Trinajstić information content (AvgIpc) is 3.13. The first-order chi connectivity index (χ1) is 18.3. The van der Waals surface area contributed by atoms with Gasteiger partial charge in [-0.2, -0.15) is 0 Å². The number of rotatable bonds is 9. The summed E-state index contributed by atoms with van der Waals surface area (Å²) in [5.74, 6) is -1.38. The van der Waals surface area contributed by atoms with E-state index >= 15 is 0 Å². The standard InChI is InChI=1S/C27H24ClFN4O4S/c1-2-15-37-22-13-9-20(10-14-22)30-24(34)16-23-26(36)32(21-11-7-19(29)8-12-21)27(38)33(23)31-25(35)17-3-5-18(28)6-4-17/h3-14,23H,2,15-16H2,1H3,(H,30,34)(H,31,35). The Morgan fingerprint density at radius 2 is 1.68 bits per heavy atom. The molecular weight excluding hydrogens is 531 g/mol. The number of benzene rings is 3. The fraction of sp³-hybridized carbons (Fsp3) is 0.185. The Labute approximate surface area is 229 Å². The Morgan fingerprint density at radius 3 is 2.32 bits per heavy atom. The summed E-state index contributed by atoms with van der Waals surface area (Å²) in [6.07, 6.45) is 0.557. The zero-order chi connectivity index (χ0) is 27.2. The van der Waals surface area contributed by atoms with Crippen LogP contribution >= 0.6 is 23.8 Å². The maximum Gasteiger partial charge on any atom is 0.269 e. The van der Waals surface area contributed by atoms with Crippen molar-refractivity contribution in [1.82, 2.24) is 10.4 Å². The highest BCUT2D eigenvalue weighted by atomic mass is 35.5. The topological polar surface area (TPSA) is 91.0 Å². The van der Waals surface area contributed by atoms with E-state index in [1.54, 1.807) is 36.4 Å². The summed E-state index contributed by atoms with van der Waals surface area (Å²) < 4.78 is 19.0. The van der Waals surface area contributed by atoms with Crippen molar-refractivity contribution in [3.05, 3.63) is 89.2 Å². The number of thiocarbonyl (C=S) groups is 1. The molecule has 38 heavy (non-hydrogen) atoms. The van der Waals surface area contributed by atoms with Crippen molar-refractivity contribution in [2.45, 2.75) is 25.8 Å². The number of ether oxygens (including phenoxy) is 1. The highest BCUT2D eigenvalue weighted by Crippen LogP contribution is 2.27. The Morgan fingerprint density at radius 1 is 1.03 bits per heavy atom. The van der Waals surface area contributed by atoms with Crippen LogP contribution in [-0.2, 0) is 9.59 Å². The van der Waals surface area contributed by atoms with Crippen LogP contribution in [0.5, 0.6) is 5.75 Å². The minimum Gasteiger partial charge on any atom is -0.494 e. The van der Waals surface area contributed by atoms with Crippen LogP contribution in [0.1, 0.15) is 30.1 Å². The fourth-order valence-corrected chi connectivity index (χ4v) is 4.24. The number of anilines is 2. The number of hydrogen-bond acceptors (Lipinski definition) is 5. The third kappa shape index (κ3) is 6.27. The minimum absolute atomic E-state index is 0.0563. The molecule has 0 bridgehead atoms. The molecule has 1 aliphatic heterocycles. The van der Waals surface area contributed by atoms with Gasteiger partial charge in [-0.05, 0) is 91.4 Å². The summed E-state index contributed by atoms with van der Waals surface area (Å²) in [5.41, 5.74) is 3.72. The van der Waals surface area contributed by atoms with Gasteiger partial charge in [-0.15, -0.1) is 0 Å². The Bertz CT molecular complexity index is 1340. The summed E-state index contributed by atoms with van der Waals surface area (Å²) >= 11 is 11.4.